The maximum Gasteiger partial charge on any atom is 0.305 e. The average Bonchev–Trinajstić information content (AvgIpc) is 3.06. The Morgan fingerprint density at radius 2 is 1.57 bits per heavy atom. The van der Waals surface area contributed by atoms with E-state index in [4.69, 9.17) is 5.73 Å². The number of esters is 1. The van der Waals surface area contributed by atoms with Crippen molar-refractivity contribution in [3.05, 3.63) is 64.7 Å². The van der Waals surface area contributed by atoms with Crippen LogP contribution in [0.25, 0.3) is 0 Å². The first-order valence-electron chi connectivity index (χ1n) is 15.7. The van der Waals surface area contributed by atoms with E-state index >= 15 is 0 Å². The van der Waals surface area contributed by atoms with Crippen LogP contribution in [-0.2, 0) is 41.6 Å². The second kappa shape index (κ2) is 20.9. The van der Waals surface area contributed by atoms with Gasteiger partial charge in [0.25, 0.3) is 0 Å². The molecule has 0 aliphatic carbocycles. The molecule has 0 aromatic heterocycles. The van der Waals surface area contributed by atoms with Crippen molar-refractivity contribution in [1.29, 1.82) is 0 Å². The van der Waals surface area contributed by atoms with Crippen LogP contribution < -0.4 is 27.0 Å². The van der Waals surface area contributed by atoms with E-state index in [1.165, 1.54) is 18.9 Å². The molecule has 12 nitrogen and oxygen atoms in total. The van der Waals surface area contributed by atoms with E-state index in [1.54, 1.807) is 19.9 Å². The zero-order valence-corrected chi connectivity index (χ0v) is 28.5. The summed E-state index contributed by atoms with van der Waals surface area (Å²) in [7, 11) is 1.34. The summed E-state index contributed by atoms with van der Waals surface area (Å²) in [6, 6.07) is 10.0. The predicted molar refractivity (Wildman–Crippen MR) is 183 cm³/mol. The maximum atomic E-state index is 13.1. The third-order valence-corrected chi connectivity index (χ3v) is 8.35. The van der Waals surface area contributed by atoms with Crippen molar-refractivity contribution in [2.75, 3.05) is 32.2 Å². The van der Waals surface area contributed by atoms with Gasteiger partial charge in [-0.15, -0.1) is 0 Å². The number of thioether (sulfide) groups is 1. The van der Waals surface area contributed by atoms with Crippen LogP contribution >= 0.6 is 11.8 Å². The summed E-state index contributed by atoms with van der Waals surface area (Å²) in [6.45, 7) is 3.52. The highest BCUT2D eigenvalue weighted by Gasteiger charge is 2.26. The molecule has 258 valence electrons. The van der Waals surface area contributed by atoms with Gasteiger partial charge in [0.05, 0.1) is 19.7 Å². The Kier molecular flexibility index (Phi) is 17.4. The molecule has 0 fully saturated rings. The zero-order valence-electron chi connectivity index (χ0n) is 27.7. The smallest absolute Gasteiger partial charge is 0.305 e. The fraction of sp³-hybridized carbons (Fsp3) is 0.500. The molecule has 0 radical (unpaired) electrons. The molecule has 3 atom stereocenters. The third kappa shape index (κ3) is 14.1. The number of hydrogen-bond donors (Lipinski definition) is 6. The molecular weight excluding hydrogens is 622 g/mol. The number of carbonyl (C=O) groups is 5. The number of aromatic hydroxyl groups is 1. The van der Waals surface area contributed by atoms with Crippen LogP contribution in [0.1, 0.15) is 54.4 Å². The summed E-state index contributed by atoms with van der Waals surface area (Å²) in [5.74, 6) is -1.54. The number of ether oxygens (including phenoxy) is 1. The molecule has 2 aromatic rings. The zero-order chi connectivity index (χ0) is 34.8. The monoisotopic (exact) mass is 671 g/mol. The molecule has 2 aromatic carbocycles. The molecule has 0 heterocycles. The fourth-order valence-corrected chi connectivity index (χ4v) is 5.29. The van der Waals surface area contributed by atoms with E-state index in [0.717, 1.165) is 23.1 Å². The first kappa shape index (κ1) is 39.1. The molecule has 0 spiro atoms. The Morgan fingerprint density at radius 1 is 0.872 bits per heavy atom. The lowest BCUT2D eigenvalue weighted by atomic mass is 9.98. The summed E-state index contributed by atoms with van der Waals surface area (Å²) in [6.07, 6.45) is 4.96. The molecule has 4 amide bonds. The van der Waals surface area contributed by atoms with Gasteiger partial charge in [-0.05, 0) is 73.8 Å². The number of hydrogen-bond acceptors (Lipinski definition) is 9. The molecule has 7 N–H and O–H groups in total. The van der Waals surface area contributed by atoms with Crippen molar-refractivity contribution in [1.82, 2.24) is 21.3 Å². The van der Waals surface area contributed by atoms with Crippen LogP contribution in [0.4, 0.5) is 0 Å². The summed E-state index contributed by atoms with van der Waals surface area (Å²) in [4.78, 5) is 63.3. The molecule has 0 aliphatic rings. The van der Waals surface area contributed by atoms with Crippen molar-refractivity contribution in [2.45, 2.75) is 76.9 Å². The van der Waals surface area contributed by atoms with E-state index in [9.17, 15) is 29.1 Å². The highest BCUT2D eigenvalue weighted by Crippen LogP contribution is 2.25. The van der Waals surface area contributed by atoms with Crippen molar-refractivity contribution < 1.29 is 33.8 Å². The maximum absolute atomic E-state index is 13.1. The second-order valence-electron chi connectivity index (χ2n) is 11.4. The van der Waals surface area contributed by atoms with Gasteiger partial charge in [0, 0.05) is 19.4 Å². The summed E-state index contributed by atoms with van der Waals surface area (Å²) in [5.41, 5.74) is 9.12. The van der Waals surface area contributed by atoms with E-state index in [-0.39, 0.29) is 30.5 Å². The Labute approximate surface area is 281 Å². The molecule has 0 saturated carbocycles. The SMILES string of the molecule is COC(=O)CCCCCNC(=O)[C@H](Cc1ccccc1)NC(=O)CNC(=O)[C@@H](CCSC)NC(=O)C(N)Cc1ccc(C)c(O)c1C. The highest BCUT2D eigenvalue weighted by atomic mass is 32.2. The van der Waals surface area contributed by atoms with Gasteiger partial charge in [0.1, 0.15) is 17.8 Å². The number of methoxy groups -OCH3 is 1. The first-order chi connectivity index (χ1) is 22.5. The minimum absolute atomic E-state index is 0.154. The molecule has 0 saturated heterocycles. The number of nitrogens with one attached hydrogen (secondary N) is 4. The van der Waals surface area contributed by atoms with Gasteiger partial charge in [0.15, 0.2) is 0 Å². The number of carbonyl (C=O) groups excluding carboxylic acids is 5. The molecular formula is C34H49N5O7S. The van der Waals surface area contributed by atoms with Crippen LogP contribution in [0.2, 0.25) is 0 Å². The number of benzene rings is 2. The highest BCUT2D eigenvalue weighted by molar-refractivity contribution is 7.98. The summed E-state index contributed by atoms with van der Waals surface area (Å²) in [5, 5.41) is 21.1. The van der Waals surface area contributed by atoms with Crippen molar-refractivity contribution in [2.24, 2.45) is 5.73 Å². The Hall–Kier alpha value is -4.10. The van der Waals surface area contributed by atoms with Crippen LogP contribution in [0.15, 0.2) is 42.5 Å². The van der Waals surface area contributed by atoms with E-state index in [2.05, 4.69) is 26.0 Å². The second-order valence-corrected chi connectivity index (χ2v) is 12.4. The third-order valence-electron chi connectivity index (χ3n) is 7.71. The van der Waals surface area contributed by atoms with E-state index < -0.39 is 42.4 Å². The minimum Gasteiger partial charge on any atom is -0.507 e. The lowest BCUT2D eigenvalue weighted by Crippen LogP contribution is -2.54. The predicted octanol–water partition coefficient (Wildman–Crippen LogP) is 1.81. The molecule has 2 rings (SSSR count). The van der Waals surface area contributed by atoms with Gasteiger partial charge in [-0.2, -0.15) is 11.8 Å². The molecule has 13 heteroatoms. The van der Waals surface area contributed by atoms with Crippen LogP contribution in [0, 0.1) is 13.8 Å². The van der Waals surface area contributed by atoms with Gasteiger partial charge in [-0.1, -0.05) is 48.9 Å². The number of phenols is 1. The number of rotatable bonds is 20. The van der Waals surface area contributed by atoms with Gasteiger partial charge in [0.2, 0.25) is 23.6 Å². The van der Waals surface area contributed by atoms with E-state index in [1.807, 2.05) is 42.7 Å². The normalized spacial score (nSPS) is 12.7. The minimum atomic E-state index is -0.964. The van der Waals surface area contributed by atoms with Crippen molar-refractivity contribution >= 4 is 41.4 Å². The summed E-state index contributed by atoms with van der Waals surface area (Å²) >= 11 is 1.51. The Morgan fingerprint density at radius 3 is 2.26 bits per heavy atom. The van der Waals surface area contributed by atoms with Gasteiger partial charge >= 0.3 is 5.97 Å². The molecule has 0 bridgehead atoms. The number of amides is 4. The van der Waals surface area contributed by atoms with E-state index in [0.29, 0.717) is 43.5 Å². The molecule has 0 aliphatic heterocycles. The topological polar surface area (TPSA) is 189 Å². The van der Waals surface area contributed by atoms with Crippen molar-refractivity contribution in [3.63, 3.8) is 0 Å². The molecule has 47 heavy (non-hydrogen) atoms. The van der Waals surface area contributed by atoms with Crippen LogP contribution in [0.3, 0.4) is 0 Å². The standard InChI is InChI=1S/C34H49N5O7S/c1-22-14-15-25(23(2)31(22)42)20-26(35)32(43)39-27(16-18-47-4)33(44)37-21-29(40)38-28(19-24-11-7-5-8-12-24)34(45)36-17-10-6-9-13-30(41)46-3/h5,7-8,11-12,14-15,26-28,42H,6,9-10,13,16-21,35H2,1-4H3,(H,36,45)(H,37,44)(H,38,40)(H,39,43)/t26?,27-,28+/m1/s1. The van der Waals surface area contributed by atoms with Gasteiger partial charge in [-0.25, -0.2) is 0 Å². The Bertz CT molecular complexity index is 1340. The molecule has 1 unspecified atom stereocenters. The van der Waals surface area contributed by atoms with Crippen LogP contribution in [0.5, 0.6) is 5.75 Å². The number of unbranched alkanes of at least 4 members (excludes halogenated alkanes) is 2. The van der Waals surface area contributed by atoms with Gasteiger partial charge < -0.3 is 36.8 Å². The average molecular weight is 672 g/mol. The lowest BCUT2D eigenvalue weighted by Gasteiger charge is -2.22. The number of aryl methyl sites for hydroxylation is 1. The van der Waals surface area contributed by atoms with Gasteiger partial charge in [-0.3, -0.25) is 24.0 Å². The first-order valence-corrected chi connectivity index (χ1v) is 17.1. The fourth-order valence-electron chi connectivity index (χ4n) is 4.81. The van der Waals surface area contributed by atoms with Crippen LogP contribution in [-0.4, -0.2) is 85.0 Å². The lowest BCUT2D eigenvalue weighted by molar-refractivity contribution is -0.140. The quantitative estimate of drug-likeness (QED) is 0.0901. The number of nitrogens with two attached hydrogens (primary N) is 1. The largest absolute Gasteiger partial charge is 0.507 e. The summed E-state index contributed by atoms with van der Waals surface area (Å²) < 4.78 is 4.63. The van der Waals surface area contributed by atoms with Crippen molar-refractivity contribution in [3.8, 4) is 5.75 Å². The Balaban J connectivity index is 1.96. The number of phenolic OH excluding ortho intramolecular Hbond substituents is 1.